The Labute approximate surface area is 243 Å². The number of fused-ring (bicyclic) bond motifs is 1. The number of carbonyl (C=O) groups is 1. The zero-order valence-electron chi connectivity index (χ0n) is 23.4. The number of carbonyl (C=O) groups excluding carboxylic acids is 1. The van der Waals surface area contributed by atoms with Crippen LogP contribution in [-0.2, 0) is 11.2 Å². The number of hydrogen-bond donors (Lipinski definition) is 3. The van der Waals surface area contributed by atoms with Crippen molar-refractivity contribution in [2.24, 2.45) is 0 Å². The van der Waals surface area contributed by atoms with E-state index in [2.05, 4.69) is 15.3 Å². The number of amides is 1. The van der Waals surface area contributed by atoms with E-state index < -0.39 is 58.4 Å². The van der Waals surface area contributed by atoms with E-state index in [9.17, 15) is 32.6 Å². The average molecular weight is 602 g/mol. The molecule has 1 atom stereocenters. The molecule has 1 aliphatic rings. The number of benzene rings is 2. The van der Waals surface area contributed by atoms with Gasteiger partial charge in [-0.05, 0) is 87.7 Å². The fourth-order valence-corrected chi connectivity index (χ4v) is 4.54. The highest BCUT2D eigenvalue weighted by Gasteiger charge is 2.57. The van der Waals surface area contributed by atoms with Gasteiger partial charge in [-0.25, -0.2) is 13.8 Å². The van der Waals surface area contributed by atoms with Gasteiger partial charge in [0.25, 0.3) is 5.91 Å². The molecule has 0 spiro atoms. The zero-order chi connectivity index (χ0) is 31.3. The fourth-order valence-electron chi connectivity index (χ4n) is 4.54. The molecule has 1 aliphatic carbocycles. The molecule has 1 fully saturated rings. The van der Waals surface area contributed by atoms with Gasteiger partial charge in [-0.3, -0.25) is 9.78 Å². The number of nitrogens with one attached hydrogen (secondary N) is 1. The Balaban J connectivity index is 1.54. The Kier molecular flexibility index (Phi) is 7.64. The molecule has 43 heavy (non-hydrogen) atoms. The summed E-state index contributed by atoms with van der Waals surface area (Å²) in [7, 11) is 0. The summed E-state index contributed by atoms with van der Waals surface area (Å²) in [5.41, 5.74) is -6.98. The van der Waals surface area contributed by atoms with Gasteiger partial charge in [0.15, 0.2) is 5.82 Å². The second-order valence-electron chi connectivity index (χ2n) is 11.2. The monoisotopic (exact) mass is 601 g/mol. The van der Waals surface area contributed by atoms with Crippen molar-refractivity contribution in [2.45, 2.75) is 57.1 Å². The van der Waals surface area contributed by atoms with E-state index in [1.165, 1.54) is 12.1 Å². The molecule has 2 aromatic heterocycles. The first kappa shape index (κ1) is 30.3. The number of ether oxygens (including phenoxy) is 1. The minimum atomic E-state index is -5.41. The molecule has 2 aromatic carbocycles. The number of aliphatic hydroxyl groups is 2. The Morgan fingerprint density at radius 1 is 1.05 bits per heavy atom. The van der Waals surface area contributed by atoms with E-state index in [1.54, 1.807) is 19.2 Å². The number of halogens is 5. The van der Waals surface area contributed by atoms with Crippen LogP contribution in [0.3, 0.4) is 0 Å². The molecule has 226 valence electrons. The van der Waals surface area contributed by atoms with Crippen molar-refractivity contribution in [3.8, 4) is 17.0 Å². The second-order valence-corrected chi connectivity index (χ2v) is 11.2. The van der Waals surface area contributed by atoms with Crippen LogP contribution < -0.4 is 10.1 Å². The molecule has 1 amide bonds. The summed E-state index contributed by atoms with van der Waals surface area (Å²) in [6.45, 7) is 2.69. The van der Waals surface area contributed by atoms with E-state index >= 15 is 4.39 Å². The highest BCUT2D eigenvalue weighted by Crippen LogP contribution is 2.41. The van der Waals surface area contributed by atoms with Gasteiger partial charge < -0.3 is 20.3 Å². The van der Waals surface area contributed by atoms with Crippen LogP contribution in [0.5, 0.6) is 5.75 Å². The summed E-state index contributed by atoms with van der Waals surface area (Å²) in [5.74, 6) is -2.48. The zero-order valence-corrected chi connectivity index (χ0v) is 23.4. The Morgan fingerprint density at radius 2 is 1.72 bits per heavy atom. The van der Waals surface area contributed by atoms with Crippen LogP contribution in [0.1, 0.15) is 53.9 Å². The van der Waals surface area contributed by atoms with E-state index in [1.807, 2.05) is 0 Å². The van der Waals surface area contributed by atoms with Gasteiger partial charge in [-0.1, -0.05) is 0 Å². The van der Waals surface area contributed by atoms with E-state index in [-0.39, 0.29) is 17.2 Å². The maximum Gasteiger partial charge on any atom is 0.424 e. The molecule has 0 radical (unpaired) electrons. The maximum absolute atomic E-state index is 15.5. The SMILES string of the molecule is Cc1cnc2c(OC3CC3)cc(C(=O)NC[C@](O)(c3cc(C(C)(C)O)c(F)c(-c4ccc(F)cc4)n3)C(F)(F)F)cc2c1. The Hall–Kier alpha value is -4.16. The largest absolute Gasteiger partial charge is 0.488 e. The van der Waals surface area contributed by atoms with Crippen molar-refractivity contribution < 1.29 is 41.7 Å². The van der Waals surface area contributed by atoms with Crippen molar-refractivity contribution in [1.29, 1.82) is 0 Å². The third kappa shape index (κ3) is 6.16. The van der Waals surface area contributed by atoms with Crippen LogP contribution in [0.2, 0.25) is 0 Å². The van der Waals surface area contributed by atoms with Gasteiger partial charge in [-0.2, -0.15) is 13.2 Å². The summed E-state index contributed by atoms with van der Waals surface area (Å²) < 4.78 is 78.5. The summed E-state index contributed by atoms with van der Waals surface area (Å²) in [4.78, 5) is 21.4. The smallest absolute Gasteiger partial charge is 0.424 e. The third-order valence-electron chi connectivity index (χ3n) is 7.10. The quantitative estimate of drug-likeness (QED) is 0.220. The van der Waals surface area contributed by atoms with Gasteiger partial charge >= 0.3 is 6.18 Å². The van der Waals surface area contributed by atoms with Crippen LogP contribution in [0.15, 0.2) is 54.7 Å². The molecule has 12 heteroatoms. The lowest BCUT2D eigenvalue weighted by Gasteiger charge is -2.32. The lowest BCUT2D eigenvalue weighted by molar-refractivity contribution is -0.265. The summed E-state index contributed by atoms with van der Waals surface area (Å²) in [6, 6.07) is 9.31. The van der Waals surface area contributed by atoms with Gasteiger partial charge in [0.1, 0.15) is 22.8 Å². The predicted octanol–water partition coefficient (Wildman–Crippen LogP) is 5.83. The van der Waals surface area contributed by atoms with Crippen LogP contribution in [0.4, 0.5) is 22.0 Å². The third-order valence-corrected chi connectivity index (χ3v) is 7.10. The first-order valence-electron chi connectivity index (χ1n) is 13.4. The number of rotatable bonds is 8. The van der Waals surface area contributed by atoms with Crippen LogP contribution in [-0.4, -0.2) is 44.9 Å². The van der Waals surface area contributed by atoms with Crippen molar-refractivity contribution >= 4 is 16.8 Å². The molecule has 5 rings (SSSR count). The molecule has 3 N–H and O–H groups in total. The normalized spacial score (nSPS) is 15.3. The molecule has 0 unspecified atom stereocenters. The summed E-state index contributed by atoms with van der Waals surface area (Å²) in [6.07, 6.45) is -2.19. The number of pyridine rings is 2. The summed E-state index contributed by atoms with van der Waals surface area (Å²) in [5, 5.41) is 24.3. The average Bonchev–Trinajstić information content (AvgIpc) is 3.74. The van der Waals surface area contributed by atoms with Crippen molar-refractivity contribution in [3.63, 3.8) is 0 Å². The molecule has 7 nitrogen and oxygen atoms in total. The molecule has 0 bridgehead atoms. The lowest BCUT2D eigenvalue weighted by atomic mass is 9.90. The Bertz CT molecular complexity index is 1700. The number of hydrogen-bond acceptors (Lipinski definition) is 6. The standard InChI is InChI=1S/C31H28F5N3O4/c1-16-10-18-11-19(12-23(26(18)37-14-16)43-21-8-9-21)28(40)38-15-30(42,31(34,35)36)24-13-22(29(2,3)41)25(33)27(39-24)17-4-6-20(32)7-5-17/h4-7,10-14,21,41-42H,8-9,15H2,1-3H3,(H,38,40)/t30-/m0/s1. The molecule has 0 saturated heterocycles. The highest BCUT2D eigenvalue weighted by molar-refractivity contribution is 6.00. The molecular weight excluding hydrogens is 573 g/mol. The van der Waals surface area contributed by atoms with E-state index in [0.29, 0.717) is 22.7 Å². The molecule has 4 aromatic rings. The van der Waals surface area contributed by atoms with Gasteiger partial charge in [0.05, 0.1) is 23.9 Å². The summed E-state index contributed by atoms with van der Waals surface area (Å²) >= 11 is 0. The number of alkyl halides is 3. The molecule has 1 saturated carbocycles. The minimum Gasteiger partial charge on any atom is -0.488 e. The number of aryl methyl sites for hydroxylation is 1. The molecular formula is C31H28F5N3O4. The topological polar surface area (TPSA) is 105 Å². The van der Waals surface area contributed by atoms with Gasteiger partial charge in [0, 0.05) is 28.3 Å². The van der Waals surface area contributed by atoms with Crippen molar-refractivity contribution in [2.75, 3.05) is 6.54 Å². The maximum atomic E-state index is 15.5. The first-order chi connectivity index (χ1) is 20.1. The molecule has 2 heterocycles. The highest BCUT2D eigenvalue weighted by atomic mass is 19.4. The Morgan fingerprint density at radius 3 is 2.33 bits per heavy atom. The van der Waals surface area contributed by atoms with Crippen LogP contribution in [0, 0.1) is 18.6 Å². The lowest BCUT2D eigenvalue weighted by Crippen LogP contribution is -2.51. The number of aromatic nitrogens is 2. The minimum absolute atomic E-state index is 0.0312. The van der Waals surface area contributed by atoms with Crippen LogP contribution >= 0.6 is 0 Å². The van der Waals surface area contributed by atoms with E-state index in [4.69, 9.17) is 4.74 Å². The second kappa shape index (κ2) is 10.8. The van der Waals surface area contributed by atoms with Crippen molar-refractivity contribution in [3.05, 3.63) is 88.7 Å². The van der Waals surface area contributed by atoms with Crippen molar-refractivity contribution in [1.82, 2.24) is 15.3 Å². The van der Waals surface area contributed by atoms with E-state index in [0.717, 1.165) is 56.5 Å². The van der Waals surface area contributed by atoms with Crippen LogP contribution in [0.25, 0.3) is 22.2 Å². The predicted molar refractivity (Wildman–Crippen MR) is 147 cm³/mol. The first-order valence-corrected chi connectivity index (χ1v) is 13.4. The van der Waals surface area contributed by atoms with Gasteiger partial charge in [0.2, 0.25) is 5.60 Å². The number of nitrogens with zero attached hydrogens (tertiary/aromatic N) is 2. The van der Waals surface area contributed by atoms with Gasteiger partial charge in [-0.15, -0.1) is 0 Å². The fraction of sp³-hybridized carbons (Fsp3) is 0.323. The molecule has 0 aliphatic heterocycles.